The van der Waals surface area contributed by atoms with Gasteiger partial charge in [0.15, 0.2) is 5.65 Å². The first-order valence-electron chi connectivity index (χ1n) is 17.1. The summed E-state index contributed by atoms with van der Waals surface area (Å²) in [5.74, 6) is 2.04. The fourth-order valence-electron chi connectivity index (χ4n) is 7.54. The molecular weight excluding hydrogens is 592 g/mol. The van der Waals surface area contributed by atoms with Crippen molar-refractivity contribution >= 4 is 23.1 Å². The predicted molar refractivity (Wildman–Crippen MR) is 181 cm³/mol. The van der Waals surface area contributed by atoms with Gasteiger partial charge in [0.2, 0.25) is 5.95 Å². The molecule has 11 heteroatoms. The molecule has 0 saturated carbocycles. The van der Waals surface area contributed by atoms with Gasteiger partial charge in [0, 0.05) is 67.2 Å². The molecule has 0 unspecified atom stereocenters. The number of carbonyl (C=O) groups excluding carboxylic acids is 1. The largest absolute Gasteiger partial charge is 0.507 e. The number of amides is 1. The molecule has 2 N–H and O–H groups in total. The van der Waals surface area contributed by atoms with Crippen LogP contribution >= 0.6 is 0 Å². The van der Waals surface area contributed by atoms with Gasteiger partial charge < -0.3 is 29.5 Å². The SMILES string of the molecule is C[C@@H]1c2c([nH]c3nnc(-c4ccccc4O)cc23)CCN1c1ncc(C2CCN(CC3CCN(C(=O)OC(C)(C)C)CC3)CC2)cn1. The summed E-state index contributed by atoms with van der Waals surface area (Å²) in [6.07, 6.45) is 9.02. The lowest BCUT2D eigenvalue weighted by Crippen LogP contribution is -2.44. The fraction of sp³-hybridized carbons (Fsp3) is 0.528. The van der Waals surface area contributed by atoms with Gasteiger partial charge in [-0.05, 0) is 102 Å². The molecule has 3 aromatic heterocycles. The first-order chi connectivity index (χ1) is 22.6. The van der Waals surface area contributed by atoms with Crippen LogP contribution in [0.2, 0.25) is 0 Å². The van der Waals surface area contributed by atoms with Gasteiger partial charge in [0.1, 0.15) is 11.4 Å². The minimum atomic E-state index is -0.450. The number of H-pyrrole nitrogens is 1. The van der Waals surface area contributed by atoms with Gasteiger partial charge in [0.25, 0.3) is 0 Å². The number of phenols is 1. The summed E-state index contributed by atoms with van der Waals surface area (Å²) < 4.78 is 5.56. The maximum absolute atomic E-state index is 12.4. The second-order valence-electron chi connectivity index (χ2n) is 14.4. The van der Waals surface area contributed by atoms with Gasteiger partial charge >= 0.3 is 6.09 Å². The Morgan fingerprint density at radius 2 is 1.72 bits per heavy atom. The van der Waals surface area contributed by atoms with Crippen molar-refractivity contribution in [1.82, 2.24) is 34.9 Å². The molecule has 3 aliphatic heterocycles. The quantitative estimate of drug-likeness (QED) is 0.268. The first kappa shape index (κ1) is 31.4. The van der Waals surface area contributed by atoms with Crippen LogP contribution in [0.1, 0.15) is 82.2 Å². The molecule has 0 bridgehead atoms. The summed E-state index contributed by atoms with van der Waals surface area (Å²) in [7, 11) is 0. The third-order valence-corrected chi connectivity index (χ3v) is 10.1. The summed E-state index contributed by atoms with van der Waals surface area (Å²) >= 11 is 0. The number of ether oxygens (including phenoxy) is 1. The van der Waals surface area contributed by atoms with E-state index in [2.05, 4.69) is 31.9 Å². The van der Waals surface area contributed by atoms with Crippen molar-refractivity contribution in [2.45, 2.75) is 77.4 Å². The standard InChI is InChI=1S/C36H46N8O3/c1-23-32-28-19-30(27-7-5-6-8-31(27)45)40-41-33(28)39-29(32)13-18-44(23)34-37-20-26(21-38-34)25-11-14-42(15-12-25)22-24-9-16-43(17-10-24)35(46)47-36(2,3)4/h5-8,19-21,23-25,45H,9-18,22H2,1-4H3,(H,39,41)/t23-/m1/s1. The fourth-order valence-corrected chi connectivity index (χ4v) is 7.54. The van der Waals surface area contributed by atoms with Crippen LogP contribution in [0.4, 0.5) is 10.7 Å². The van der Waals surface area contributed by atoms with Gasteiger partial charge in [-0.2, -0.15) is 0 Å². The van der Waals surface area contributed by atoms with Crippen molar-refractivity contribution in [3.8, 4) is 17.0 Å². The van der Waals surface area contributed by atoms with Crippen molar-refractivity contribution in [2.24, 2.45) is 5.92 Å². The highest BCUT2D eigenvalue weighted by Crippen LogP contribution is 2.38. The predicted octanol–water partition coefficient (Wildman–Crippen LogP) is 6.07. The van der Waals surface area contributed by atoms with Crippen LogP contribution in [0.5, 0.6) is 5.75 Å². The molecule has 4 aromatic rings. The molecule has 2 fully saturated rings. The number of nitrogens with one attached hydrogen (secondary N) is 1. The first-order valence-corrected chi connectivity index (χ1v) is 17.1. The van der Waals surface area contributed by atoms with Crippen molar-refractivity contribution in [1.29, 1.82) is 0 Å². The maximum atomic E-state index is 12.4. The molecule has 47 heavy (non-hydrogen) atoms. The molecule has 11 nitrogen and oxygen atoms in total. The second kappa shape index (κ2) is 12.7. The van der Waals surface area contributed by atoms with E-state index in [1.54, 1.807) is 12.1 Å². The zero-order chi connectivity index (χ0) is 32.7. The third kappa shape index (κ3) is 6.63. The van der Waals surface area contributed by atoms with Gasteiger partial charge in [-0.15, -0.1) is 10.2 Å². The number of nitrogens with zero attached hydrogens (tertiary/aromatic N) is 7. The number of aromatic amines is 1. The maximum Gasteiger partial charge on any atom is 0.410 e. The van der Waals surface area contributed by atoms with Crippen molar-refractivity contribution in [2.75, 3.05) is 44.2 Å². The molecule has 0 radical (unpaired) electrons. The van der Waals surface area contributed by atoms with E-state index in [9.17, 15) is 9.90 Å². The van der Waals surface area contributed by atoms with Crippen LogP contribution < -0.4 is 4.90 Å². The molecule has 3 aliphatic rings. The van der Waals surface area contributed by atoms with E-state index in [0.29, 0.717) is 23.1 Å². The number of aromatic nitrogens is 5. The highest BCUT2D eigenvalue weighted by molar-refractivity contribution is 5.86. The van der Waals surface area contributed by atoms with E-state index in [-0.39, 0.29) is 17.9 Å². The highest BCUT2D eigenvalue weighted by Gasteiger charge is 2.32. The topological polar surface area (TPSA) is 124 Å². The second-order valence-corrected chi connectivity index (χ2v) is 14.4. The zero-order valence-corrected chi connectivity index (χ0v) is 27.9. The number of aromatic hydroxyl groups is 1. The average molecular weight is 639 g/mol. The average Bonchev–Trinajstić information content (AvgIpc) is 3.44. The van der Waals surface area contributed by atoms with E-state index < -0.39 is 5.60 Å². The number of phenolic OH excluding ortho intramolecular Hbond substituents is 1. The third-order valence-electron chi connectivity index (χ3n) is 10.1. The van der Waals surface area contributed by atoms with Crippen molar-refractivity contribution in [3.05, 3.63) is 59.5 Å². The Bertz CT molecular complexity index is 1720. The van der Waals surface area contributed by atoms with Crippen LogP contribution in [0.3, 0.4) is 0 Å². The summed E-state index contributed by atoms with van der Waals surface area (Å²) in [5.41, 5.74) is 5.21. The Kier molecular flexibility index (Phi) is 8.50. The van der Waals surface area contributed by atoms with E-state index in [0.717, 1.165) is 88.4 Å². The van der Waals surface area contributed by atoms with Crippen LogP contribution in [0, 0.1) is 5.92 Å². The van der Waals surface area contributed by atoms with Gasteiger partial charge in [-0.1, -0.05) is 12.1 Å². The monoisotopic (exact) mass is 638 g/mol. The smallest absolute Gasteiger partial charge is 0.410 e. The molecular formula is C36H46N8O3. The summed E-state index contributed by atoms with van der Waals surface area (Å²) in [6, 6.07) is 9.31. The summed E-state index contributed by atoms with van der Waals surface area (Å²) in [5, 5.41) is 20.3. The summed E-state index contributed by atoms with van der Waals surface area (Å²) in [6.45, 7) is 13.6. The van der Waals surface area contributed by atoms with Gasteiger partial charge in [-0.3, -0.25) is 0 Å². The number of hydrogen-bond donors (Lipinski definition) is 2. The number of carbonyl (C=O) groups is 1. The number of para-hydroxylation sites is 1. The minimum absolute atomic E-state index is 0.0546. The molecule has 7 rings (SSSR count). The Morgan fingerprint density at radius 3 is 2.43 bits per heavy atom. The molecule has 6 heterocycles. The molecule has 1 amide bonds. The molecule has 248 valence electrons. The number of benzene rings is 1. The lowest BCUT2D eigenvalue weighted by atomic mass is 9.89. The van der Waals surface area contributed by atoms with Gasteiger partial charge in [-0.25, -0.2) is 14.8 Å². The lowest BCUT2D eigenvalue weighted by molar-refractivity contribution is 0.0166. The Morgan fingerprint density at radius 1 is 1.00 bits per heavy atom. The molecule has 1 atom stereocenters. The molecule has 0 aliphatic carbocycles. The minimum Gasteiger partial charge on any atom is -0.507 e. The number of hydrogen-bond acceptors (Lipinski definition) is 9. The normalized spacial score (nSPS) is 20.0. The number of anilines is 1. The lowest BCUT2D eigenvalue weighted by Gasteiger charge is -2.38. The van der Waals surface area contributed by atoms with Crippen molar-refractivity contribution in [3.63, 3.8) is 0 Å². The van der Waals surface area contributed by atoms with Gasteiger partial charge in [0.05, 0.1) is 11.7 Å². The van der Waals surface area contributed by atoms with Crippen molar-refractivity contribution < 1.29 is 14.6 Å². The Labute approximate surface area is 276 Å². The number of rotatable bonds is 5. The molecule has 2 saturated heterocycles. The number of likely N-dealkylation sites (tertiary alicyclic amines) is 2. The van der Waals surface area contributed by atoms with E-state index >= 15 is 0 Å². The Balaban J connectivity index is 0.951. The zero-order valence-electron chi connectivity index (χ0n) is 27.9. The highest BCUT2D eigenvalue weighted by atomic mass is 16.6. The number of piperidine rings is 2. The molecule has 0 spiro atoms. The van der Waals surface area contributed by atoms with Crippen LogP contribution in [-0.2, 0) is 11.2 Å². The van der Waals surface area contributed by atoms with E-state index in [1.807, 2.05) is 56.3 Å². The van der Waals surface area contributed by atoms with Crippen LogP contribution in [0.15, 0.2) is 42.7 Å². The van der Waals surface area contributed by atoms with E-state index in [4.69, 9.17) is 14.7 Å². The van der Waals surface area contributed by atoms with E-state index in [1.165, 1.54) is 16.8 Å². The van der Waals surface area contributed by atoms with Crippen LogP contribution in [-0.4, -0.2) is 91.0 Å². The Hall–Kier alpha value is -4.25. The number of fused-ring (bicyclic) bond motifs is 3. The summed E-state index contributed by atoms with van der Waals surface area (Å²) in [4.78, 5) is 32.4. The molecule has 1 aromatic carbocycles. The van der Waals surface area contributed by atoms with Crippen LogP contribution in [0.25, 0.3) is 22.3 Å².